The number of nitrogens with zero attached hydrogens (tertiary/aromatic N) is 1. The highest BCUT2D eigenvalue weighted by atomic mass is 16.5. The molecule has 2 fully saturated rings. The number of benzene rings is 1. The Labute approximate surface area is 186 Å². The minimum Gasteiger partial charge on any atom is -0.393 e. The van der Waals surface area contributed by atoms with E-state index in [4.69, 9.17) is 0 Å². The van der Waals surface area contributed by atoms with Gasteiger partial charge in [0, 0.05) is 12.5 Å². The molecule has 170 valence electrons. The van der Waals surface area contributed by atoms with E-state index in [2.05, 4.69) is 45.9 Å². The second kappa shape index (κ2) is 7.69. The van der Waals surface area contributed by atoms with Crippen molar-refractivity contribution < 1.29 is 15.4 Å². The van der Waals surface area contributed by atoms with Crippen LogP contribution in [0, 0.1) is 24.2 Å². The van der Waals surface area contributed by atoms with E-state index >= 15 is 0 Å². The molecule has 0 spiro atoms. The van der Waals surface area contributed by atoms with Crippen LogP contribution in [0.4, 0.5) is 0 Å². The van der Waals surface area contributed by atoms with Gasteiger partial charge in [0.15, 0.2) is 0 Å². The van der Waals surface area contributed by atoms with Crippen LogP contribution in [0.2, 0.25) is 0 Å². The van der Waals surface area contributed by atoms with Crippen molar-refractivity contribution in [3.8, 4) is 0 Å². The molecule has 1 saturated carbocycles. The molecule has 1 aliphatic heterocycles. The van der Waals surface area contributed by atoms with Crippen LogP contribution in [-0.4, -0.2) is 45.3 Å². The zero-order valence-electron chi connectivity index (χ0n) is 19.5. The first-order chi connectivity index (χ1) is 14.7. The maximum absolute atomic E-state index is 10.8. The highest BCUT2D eigenvalue weighted by Crippen LogP contribution is 2.60. The minimum atomic E-state index is -0.502. The number of hydrogen-bond donors (Lipinski definition) is 3. The Morgan fingerprint density at radius 3 is 2.71 bits per heavy atom. The summed E-state index contributed by atoms with van der Waals surface area (Å²) in [6.07, 6.45) is 7.58. The summed E-state index contributed by atoms with van der Waals surface area (Å²) in [6, 6.07) is 4.37. The van der Waals surface area contributed by atoms with Gasteiger partial charge < -0.3 is 15.4 Å². The fourth-order valence-electron chi connectivity index (χ4n) is 7.71. The normalized spacial score (nSPS) is 41.2. The summed E-state index contributed by atoms with van der Waals surface area (Å²) >= 11 is 0. The van der Waals surface area contributed by atoms with Crippen LogP contribution in [0.3, 0.4) is 0 Å². The van der Waals surface area contributed by atoms with Gasteiger partial charge in [0.05, 0.1) is 18.2 Å². The van der Waals surface area contributed by atoms with E-state index in [1.807, 2.05) is 0 Å². The monoisotopic (exact) mass is 425 g/mol. The largest absolute Gasteiger partial charge is 0.393 e. The van der Waals surface area contributed by atoms with Gasteiger partial charge in [-0.3, -0.25) is 0 Å². The molecule has 0 unspecified atom stereocenters. The molecule has 5 rings (SSSR count). The van der Waals surface area contributed by atoms with Crippen LogP contribution in [0.5, 0.6) is 0 Å². The maximum Gasteiger partial charge on any atom is 0.0727 e. The molecule has 1 heterocycles. The fourth-order valence-corrected chi connectivity index (χ4v) is 7.71. The van der Waals surface area contributed by atoms with E-state index in [9.17, 15) is 15.4 Å². The van der Waals surface area contributed by atoms with Crippen molar-refractivity contribution in [3.05, 3.63) is 46.0 Å². The van der Waals surface area contributed by atoms with Crippen LogP contribution < -0.4 is 0 Å². The van der Waals surface area contributed by atoms with Crippen molar-refractivity contribution in [2.45, 2.75) is 96.3 Å². The first kappa shape index (κ1) is 21.6. The molecular formula is C27H39NO3. The Hall–Kier alpha value is -1.20. The molecular weight excluding hydrogens is 386 g/mol. The third-order valence-corrected chi connectivity index (χ3v) is 9.49. The molecule has 8 atom stereocenters. The van der Waals surface area contributed by atoms with E-state index in [0.717, 1.165) is 38.5 Å². The van der Waals surface area contributed by atoms with Crippen molar-refractivity contribution in [2.75, 3.05) is 6.54 Å². The molecule has 0 bridgehead atoms. The van der Waals surface area contributed by atoms with Crippen molar-refractivity contribution >= 4 is 0 Å². The van der Waals surface area contributed by atoms with Crippen molar-refractivity contribution in [3.63, 3.8) is 0 Å². The lowest BCUT2D eigenvalue weighted by atomic mass is 9.57. The summed E-state index contributed by atoms with van der Waals surface area (Å²) in [6.45, 7) is 9.56. The quantitative estimate of drug-likeness (QED) is 0.601. The molecule has 1 saturated heterocycles. The van der Waals surface area contributed by atoms with Gasteiger partial charge in [-0.15, -0.1) is 0 Å². The smallest absolute Gasteiger partial charge is 0.0727 e. The second-order valence-electron chi connectivity index (χ2n) is 11.4. The van der Waals surface area contributed by atoms with Gasteiger partial charge in [-0.1, -0.05) is 44.6 Å². The number of hydroxylamine groups is 2. The highest BCUT2D eigenvalue weighted by Gasteiger charge is 2.50. The standard InChI is InChI=1S/C27H39NO3/c1-15-11-25(30)26(28(31)14-15)17(3)20-7-8-21-22-6-5-18-12-19(29)9-10-27(18,4)24(22)13-23(21)16(20)2/h5,7-8,15,17,19,22,24-26,29-31H,6,9-14H2,1-4H3/t15-,17-,19-,22-,24-,25+,26-,27-/m0/s1. The maximum atomic E-state index is 10.8. The highest BCUT2D eigenvalue weighted by molar-refractivity contribution is 5.49. The number of rotatable bonds is 2. The molecule has 0 aromatic heterocycles. The van der Waals surface area contributed by atoms with Crippen LogP contribution in [0.15, 0.2) is 23.8 Å². The molecule has 1 aromatic rings. The number of aliphatic hydroxyl groups is 2. The summed E-state index contributed by atoms with van der Waals surface area (Å²) in [5.74, 6) is 1.59. The number of piperidine rings is 1. The van der Waals surface area contributed by atoms with E-state index < -0.39 is 6.10 Å². The molecule has 31 heavy (non-hydrogen) atoms. The van der Waals surface area contributed by atoms with Gasteiger partial charge in [0.25, 0.3) is 0 Å². The first-order valence-electron chi connectivity index (χ1n) is 12.3. The van der Waals surface area contributed by atoms with E-state index in [1.54, 1.807) is 0 Å². The van der Waals surface area contributed by atoms with Crippen molar-refractivity contribution in [1.82, 2.24) is 5.06 Å². The van der Waals surface area contributed by atoms with Gasteiger partial charge in [0.1, 0.15) is 0 Å². The van der Waals surface area contributed by atoms with Crippen molar-refractivity contribution in [1.29, 1.82) is 0 Å². The second-order valence-corrected chi connectivity index (χ2v) is 11.4. The molecule has 4 aliphatic rings. The lowest BCUT2D eigenvalue weighted by Crippen LogP contribution is -2.51. The third kappa shape index (κ3) is 3.33. The number of aliphatic hydroxyl groups excluding tert-OH is 2. The van der Waals surface area contributed by atoms with Crippen LogP contribution in [0.25, 0.3) is 0 Å². The lowest BCUT2D eigenvalue weighted by Gasteiger charge is -2.48. The summed E-state index contributed by atoms with van der Waals surface area (Å²) < 4.78 is 0. The Balaban J connectivity index is 1.45. The van der Waals surface area contributed by atoms with E-state index in [1.165, 1.54) is 32.9 Å². The SMILES string of the molecule is Cc1c([C@H](C)[C@H]2[C@H](O)C[C@H](C)CN2O)ccc2c1C[C@H]1[C@H]2CC=C2C[C@@H](O)CC[C@@]21C. The predicted molar refractivity (Wildman–Crippen MR) is 122 cm³/mol. The summed E-state index contributed by atoms with van der Waals surface area (Å²) in [5.41, 5.74) is 7.34. The molecule has 3 N–H and O–H groups in total. The molecule has 0 amide bonds. The Bertz CT molecular complexity index is 883. The number of fused-ring (bicyclic) bond motifs is 5. The fraction of sp³-hybridized carbons (Fsp3) is 0.704. The van der Waals surface area contributed by atoms with Gasteiger partial charge in [-0.2, -0.15) is 5.06 Å². The van der Waals surface area contributed by atoms with Gasteiger partial charge in [-0.25, -0.2) is 0 Å². The Morgan fingerprint density at radius 1 is 1.19 bits per heavy atom. The summed E-state index contributed by atoms with van der Waals surface area (Å²) in [4.78, 5) is 0. The molecule has 1 aromatic carbocycles. The summed E-state index contributed by atoms with van der Waals surface area (Å²) in [7, 11) is 0. The zero-order chi connectivity index (χ0) is 22.1. The minimum absolute atomic E-state index is 0.0783. The molecule has 3 aliphatic carbocycles. The first-order valence-corrected chi connectivity index (χ1v) is 12.3. The van der Waals surface area contributed by atoms with E-state index in [-0.39, 0.29) is 23.5 Å². The van der Waals surface area contributed by atoms with Gasteiger partial charge in [-0.05, 0) is 90.9 Å². The van der Waals surface area contributed by atoms with Gasteiger partial charge in [0.2, 0.25) is 0 Å². The van der Waals surface area contributed by atoms with Crippen molar-refractivity contribution in [2.24, 2.45) is 17.3 Å². The van der Waals surface area contributed by atoms with Crippen LogP contribution in [-0.2, 0) is 6.42 Å². The average molecular weight is 426 g/mol. The average Bonchev–Trinajstić information content (AvgIpc) is 3.09. The molecule has 4 heteroatoms. The van der Waals surface area contributed by atoms with Crippen LogP contribution >= 0.6 is 0 Å². The predicted octanol–water partition coefficient (Wildman–Crippen LogP) is 4.70. The molecule has 4 nitrogen and oxygen atoms in total. The van der Waals surface area contributed by atoms with Gasteiger partial charge >= 0.3 is 0 Å². The topological polar surface area (TPSA) is 63.9 Å². The lowest BCUT2D eigenvalue weighted by molar-refractivity contribution is -0.191. The number of allylic oxidation sites excluding steroid dienone is 1. The Morgan fingerprint density at radius 2 is 1.97 bits per heavy atom. The summed E-state index contributed by atoms with van der Waals surface area (Å²) in [5, 5.41) is 33.0. The van der Waals surface area contributed by atoms with E-state index in [0.29, 0.717) is 24.3 Å². The zero-order valence-corrected chi connectivity index (χ0v) is 19.5. The van der Waals surface area contributed by atoms with Crippen LogP contribution in [0.1, 0.15) is 87.0 Å². The third-order valence-electron chi connectivity index (χ3n) is 9.49. The Kier molecular flexibility index (Phi) is 5.37. The number of hydrogen-bond acceptors (Lipinski definition) is 4. The molecule has 0 radical (unpaired) electrons.